The molecule has 0 saturated carbocycles. The third-order valence-electron chi connectivity index (χ3n) is 5.44. The van der Waals surface area contributed by atoms with E-state index in [1.807, 2.05) is 19.2 Å². The van der Waals surface area contributed by atoms with E-state index in [9.17, 15) is 4.39 Å². The number of aryl methyl sites for hydroxylation is 1. The van der Waals surface area contributed by atoms with Crippen molar-refractivity contribution in [1.29, 1.82) is 0 Å². The van der Waals surface area contributed by atoms with Gasteiger partial charge in [0.05, 0.1) is 28.3 Å². The fourth-order valence-corrected chi connectivity index (χ4v) is 4.48. The Morgan fingerprint density at radius 2 is 1.87 bits per heavy atom. The van der Waals surface area contributed by atoms with Gasteiger partial charge in [-0.1, -0.05) is 11.6 Å². The van der Waals surface area contributed by atoms with Crippen LogP contribution in [0.3, 0.4) is 0 Å². The summed E-state index contributed by atoms with van der Waals surface area (Å²) >= 11 is 6.62. The zero-order chi connectivity index (χ0) is 21.0. The molecule has 0 aliphatic carbocycles. The molecule has 2 atom stereocenters. The maximum Gasteiger partial charge on any atom is 0.173 e. The highest BCUT2D eigenvalue weighted by Gasteiger charge is 2.22. The second-order valence-corrected chi connectivity index (χ2v) is 8.52. The molecule has 30 heavy (non-hydrogen) atoms. The Balaban J connectivity index is 1.56. The summed E-state index contributed by atoms with van der Waals surface area (Å²) in [7, 11) is 0. The van der Waals surface area contributed by atoms with Gasteiger partial charge in [0.25, 0.3) is 0 Å². The summed E-state index contributed by atoms with van der Waals surface area (Å²) in [4.78, 5) is 15.7. The number of piperazine rings is 1. The monoisotopic (exact) mass is 424 g/mol. The van der Waals surface area contributed by atoms with Crippen molar-refractivity contribution in [2.45, 2.75) is 32.9 Å². The Hall–Kier alpha value is -2.77. The van der Waals surface area contributed by atoms with E-state index >= 15 is 0 Å². The fourth-order valence-electron chi connectivity index (χ4n) is 4.23. The normalized spacial score (nSPS) is 19.7. The van der Waals surface area contributed by atoms with E-state index in [1.165, 1.54) is 6.07 Å². The second-order valence-electron chi connectivity index (χ2n) is 8.12. The topological polar surface area (TPSA) is 58.4 Å². The van der Waals surface area contributed by atoms with Gasteiger partial charge in [-0.2, -0.15) is 0 Å². The number of hydrogen-bond donors (Lipinski definition) is 1. The van der Waals surface area contributed by atoms with Crippen molar-refractivity contribution in [3.05, 3.63) is 53.3 Å². The number of nitrogens with zero attached hydrogens (tertiary/aromatic N) is 5. The first-order valence-electron chi connectivity index (χ1n) is 10.00. The number of nitrogens with one attached hydrogen (secondary N) is 1. The van der Waals surface area contributed by atoms with E-state index < -0.39 is 5.82 Å². The van der Waals surface area contributed by atoms with Crippen LogP contribution in [0.4, 0.5) is 10.1 Å². The number of pyridine rings is 3. The number of anilines is 1. The van der Waals surface area contributed by atoms with Gasteiger partial charge < -0.3 is 14.6 Å². The van der Waals surface area contributed by atoms with E-state index in [0.29, 0.717) is 39.7 Å². The van der Waals surface area contributed by atoms with E-state index in [1.54, 1.807) is 22.9 Å². The predicted molar refractivity (Wildman–Crippen MR) is 118 cm³/mol. The van der Waals surface area contributed by atoms with Crippen molar-refractivity contribution in [2.24, 2.45) is 0 Å². The smallest absolute Gasteiger partial charge is 0.173 e. The molecule has 0 bridgehead atoms. The minimum Gasteiger partial charge on any atom is -0.367 e. The molecule has 1 fully saturated rings. The lowest BCUT2D eigenvalue weighted by Crippen LogP contribution is -2.54. The van der Waals surface area contributed by atoms with Crippen LogP contribution in [0, 0.1) is 12.7 Å². The van der Waals surface area contributed by atoms with Crippen molar-refractivity contribution in [3.63, 3.8) is 0 Å². The fraction of sp³-hybridized carbons (Fsp3) is 0.318. The Bertz CT molecular complexity index is 1260. The van der Waals surface area contributed by atoms with Gasteiger partial charge in [0, 0.05) is 48.5 Å². The summed E-state index contributed by atoms with van der Waals surface area (Å²) in [6.07, 6.45) is 5.43. The number of aromatic nitrogens is 4. The first-order chi connectivity index (χ1) is 14.4. The SMILES string of the molecule is Cc1cn2cc(-c3cc(Cl)c4cc(N5C[C@H](C)N[C@@H](C)C5)cnc4n3)cc(F)c2n1. The average Bonchev–Trinajstić information content (AvgIpc) is 3.08. The number of imidazole rings is 1. The third-order valence-corrected chi connectivity index (χ3v) is 5.76. The summed E-state index contributed by atoms with van der Waals surface area (Å²) in [6, 6.07) is 6.04. The van der Waals surface area contributed by atoms with Crippen LogP contribution in [0.5, 0.6) is 0 Å². The van der Waals surface area contributed by atoms with E-state index in [0.717, 1.165) is 29.9 Å². The largest absolute Gasteiger partial charge is 0.367 e. The lowest BCUT2D eigenvalue weighted by atomic mass is 10.1. The summed E-state index contributed by atoms with van der Waals surface area (Å²) in [5.41, 5.74) is 3.81. The highest BCUT2D eigenvalue weighted by Crippen LogP contribution is 2.31. The van der Waals surface area contributed by atoms with Gasteiger partial charge in [0.2, 0.25) is 0 Å². The minimum atomic E-state index is -0.399. The molecule has 4 aromatic heterocycles. The molecule has 1 aliphatic rings. The number of fused-ring (bicyclic) bond motifs is 2. The van der Waals surface area contributed by atoms with E-state index in [4.69, 9.17) is 11.6 Å². The molecule has 0 amide bonds. The molecule has 1 N–H and O–H groups in total. The third kappa shape index (κ3) is 3.38. The zero-order valence-electron chi connectivity index (χ0n) is 17.0. The van der Waals surface area contributed by atoms with Crippen molar-refractivity contribution in [2.75, 3.05) is 18.0 Å². The molecular formula is C22H22ClFN6. The summed E-state index contributed by atoms with van der Waals surface area (Å²) < 4.78 is 16.2. The van der Waals surface area contributed by atoms with Gasteiger partial charge >= 0.3 is 0 Å². The summed E-state index contributed by atoms with van der Waals surface area (Å²) in [5, 5.41) is 4.87. The van der Waals surface area contributed by atoms with Crippen LogP contribution < -0.4 is 10.2 Å². The van der Waals surface area contributed by atoms with Crippen molar-refractivity contribution < 1.29 is 4.39 Å². The van der Waals surface area contributed by atoms with Crippen LogP contribution in [-0.4, -0.2) is 44.5 Å². The molecular weight excluding hydrogens is 403 g/mol. The summed E-state index contributed by atoms with van der Waals surface area (Å²) in [6.45, 7) is 8.00. The maximum absolute atomic E-state index is 14.5. The molecule has 1 aliphatic heterocycles. The lowest BCUT2D eigenvalue weighted by molar-refractivity contribution is 0.407. The second kappa shape index (κ2) is 7.18. The van der Waals surface area contributed by atoms with Crippen LogP contribution in [0.25, 0.3) is 27.9 Å². The molecule has 0 radical (unpaired) electrons. The van der Waals surface area contributed by atoms with Crippen LogP contribution in [-0.2, 0) is 0 Å². The van der Waals surface area contributed by atoms with Gasteiger partial charge in [0.1, 0.15) is 0 Å². The highest BCUT2D eigenvalue weighted by molar-refractivity contribution is 6.35. The summed E-state index contributed by atoms with van der Waals surface area (Å²) in [5.74, 6) is -0.399. The first kappa shape index (κ1) is 19.2. The van der Waals surface area contributed by atoms with Crippen LogP contribution in [0.1, 0.15) is 19.5 Å². The molecule has 6 nitrogen and oxygen atoms in total. The minimum absolute atomic E-state index is 0.297. The quantitative estimate of drug-likeness (QED) is 0.521. The molecule has 8 heteroatoms. The Morgan fingerprint density at radius 1 is 1.10 bits per heavy atom. The van der Waals surface area contributed by atoms with E-state index in [2.05, 4.69) is 39.0 Å². The van der Waals surface area contributed by atoms with Gasteiger partial charge in [0.15, 0.2) is 17.1 Å². The molecule has 1 saturated heterocycles. The zero-order valence-corrected chi connectivity index (χ0v) is 17.8. The van der Waals surface area contributed by atoms with Gasteiger partial charge in [-0.05, 0) is 39.0 Å². The predicted octanol–water partition coefficient (Wildman–Crippen LogP) is 4.23. The van der Waals surface area contributed by atoms with Crippen LogP contribution in [0.15, 0.2) is 36.8 Å². The average molecular weight is 425 g/mol. The van der Waals surface area contributed by atoms with Crippen LogP contribution in [0.2, 0.25) is 5.02 Å². The number of rotatable bonds is 2. The molecule has 5 rings (SSSR count). The molecule has 154 valence electrons. The van der Waals surface area contributed by atoms with Crippen molar-refractivity contribution in [1.82, 2.24) is 24.7 Å². The molecule has 5 heterocycles. The standard InChI is InChI=1S/C22H22ClFN6/c1-12-8-29(9-13(2)26-12)16-5-17-18(23)6-20(28-21(17)25-7-16)15-4-19(24)22-27-14(3)10-30(22)11-15/h4-7,10-13,26H,8-9H2,1-3H3/t12-,13-/m0/s1. The Labute approximate surface area is 178 Å². The van der Waals surface area contributed by atoms with Gasteiger partial charge in [-0.15, -0.1) is 0 Å². The maximum atomic E-state index is 14.5. The van der Waals surface area contributed by atoms with Gasteiger partial charge in [-0.3, -0.25) is 0 Å². The number of halogens is 2. The van der Waals surface area contributed by atoms with Gasteiger partial charge in [-0.25, -0.2) is 19.3 Å². The molecule has 0 aromatic carbocycles. The molecule has 4 aromatic rings. The first-order valence-corrected chi connectivity index (χ1v) is 10.4. The number of hydrogen-bond acceptors (Lipinski definition) is 5. The van der Waals surface area contributed by atoms with Crippen molar-refractivity contribution in [3.8, 4) is 11.3 Å². The van der Waals surface area contributed by atoms with Crippen molar-refractivity contribution >= 4 is 34.0 Å². The highest BCUT2D eigenvalue weighted by atomic mass is 35.5. The Kier molecular flexibility index (Phi) is 4.60. The molecule has 0 spiro atoms. The molecule has 0 unspecified atom stereocenters. The van der Waals surface area contributed by atoms with E-state index in [-0.39, 0.29) is 0 Å². The lowest BCUT2D eigenvalue weighted by Gasteiger charge is -2.37. The Morgan fingerprint density at radius 3 is 2.63 bits per heavy atom. The van der Waals surface area contributed by atoms with Crippen LogP contribution >= 0.6 is 11.6 Å².